The highest BCUT2D eigenvalue weighted by molar-refractivity contribution is 6.24. The van der Waals surface area contributed by atoms with Gasteiger partial charge in [-0.2, -0.15) is 0 Å². The maximum absolute atomic E-state index is 16.7. The number of aliphatic hydroxyl groups is 2. The number of rotatable bonds is 13. The van der Waals surface area contributed by atoms with E-state index in [0.717, 1.165) is 10.6 Å². The summed E-state index contributed by atoms with van der Waals surface area (Å²) >= 11 is 0. The molecule has 1 spiro atoms. The van der Waals surface area contributed by atoms with Crippen LogP contribution in [0.25, 0.3) is 0 Å². The average molecular weight is 998 g/mol. The zero-order valence-electron chi connectivity index (χ0n) is 40.0. The van der Waals surface area contributed by atoms with E-state index in [1.165, 1.54) is 24.3 Å². The number of cyclic esters (lactones) is 1. The van der Waals surface area contributed by atoms with Crippen LogP contribution in [0.2, 0.25) is 0 Å². The number of amides is 3. The number of nitro groups is 1. The summed E-state index contributed by atoms with van der Waals surface area (Å²) in [6.45, 7) is 1.33. The lowest BCUT2D eigenvalue weighted by atomic mass is 9.65. The minimum atomic E-state index is -2.21. The predicted octanol–water partition coefficient (Wildman–Crippen LogP) is 7.18. The summed E-state index contributed by atoms with van der Waals surface area (Å²) in [6, 6.07) is 39.1. The second kappa shape index (κ2) is 21.4. The Kier molecular flexibility index (Phi) is 14.2. The number of ether oxygens (including phenoxy) is 4. The molecule has 17 heteroatoms. The average Bonchev–Trinajstić information content (AvgIpc) is 3.92. The van der Waals surface area contributed by atoms with Crippen LogP contribution in [0.15, 0.2) is 152 Å². The van der Waals surface area contributed by atoms with E-state index in [1.54, 1.807) is 54.6 Å². The third kappa shape index (κ3) is 9.09. The quantitative estimate of drug-likeness (QED) is 0.0453. The molecule has 376 valence electrons. The van der Waals surface area contributed by atoms with Gasteiger partial charge in [0.2, 0.25) is 11.8 Å². The Morgan fingerprint density at radius 2 is 1.50 bits per heavy atom. The van der Waals surface area contributed by atoms with Crippen LogP contribution in [0.5, 0.6) is 5.75 Å². The third-order valence-corrected chi connectivity index (χ3v) is 14.0. The van der Waals surface area contributed by atoms with E-state index in [9.17, 15) is 25.1 Å². The van der Waals surface area contributed by atoms with Gasteiger partial charge in [-0.25, -0.2) is 9.69 Å². The van der Waals surface area contributed by atoms with Crippen molar-refractivity contribution in [2.45, 2.75) is 42.7 Å². The number of aliphatic hydroxyl groups excluding tert-OH is 2. The van der Waals surface area contributed by atoms with Crippen LogP contribution in [0, 0.1) is 27.9 Å². The number of hydrogen-bond acceptors (Lipinski definition) is 14. The fourth-order valence-electron chi connectivity index (χ4n) is 10.9. The summed E-state index contributed by atoms with van der Waals surface area (Å²) in [7, 11) is 0. The number of nitrogens with one attached hydrogen (secondary N) is 1. The van der Waals surface area contributed by atoms with E-state index in [2.05, 4.69) is 22.1 Å². The normalized spacial score (nSPS) is 22.0. The largest absolute Gasteiger partial charge is 0.491 e. The van der Waals surface area contributed by atoms with Crippen molar-refractivity contribution in [1.82, 2.24) is 4.90 Å². The van der Waals surface area contributed by atoms with Gasteiger partial charge in [0, 0.05) is 54.1 Å². The Bertz CT molecular complexity index is 3120. The molecular formula is C57H51N5O12. The minimum absolute atomic E-state index is 0.0481. The second-order valence-corrected chi connectivity index (χ2v) is 18.1. The van der Waals surface area contributed by atoms with Gasteiger partial charge in [0.25, 0.3) is 5.69 Å². The number of carbonyl (C=O) groups is 4. The Morgan fingerprint density at radius 3 is 2.19 bits per heavy atom. The molecule has 6 aromatic rings. The lowest BCUT2D eigenvalue weighted by Gasteiger charge is -2.46. The van der Waals surface area contributed by atoms with Gasteiger partial charge < -0.3 is 39.4 Å². The molecule has 0 aliphatic carbocycles. The topological polar surface area (TPSA) is 211 Å². The molecule has 0 saturated carbocycles. The van der Waals surface area contributed by atoms with Crippen LogP contribution in [0.3, 0.4) is 0 Å². The number of para-hydroxylation sites is 1. The molecule has 0 bridgehead atoms. The standard InChI is InChI=1S/C57H51N5O12/c63-30-10-9-11-37-20-27-46-45(35-37)57(55(67)60(46)56(68)73-36-38-18-23-43(24-19-38)62(69)70)48(53(65)58-41-21-25-42(26-22-41)59-28-32-71-33-29-59)50-54(66)74-51(40-14-5-2-6-15-40)49(39-12-3-1-4-13-39)61(50)52(57)44-16-7-8-17-47(44)72-34-31-64/h1-8,12-27,35,48-52,63-64H,10,28-34,36H2,(H,58,65)/t48-,49-,50-,51+,52+,57-/m0/s1. The van der Waals surface area contributed by atoms with Crippen molar-refractivity contribution in [1.29, 1.82) is 0 Å². The monoisotopic (exact) mass is 997 g/mol. The van der Waals surface area contributed by atoms with E-state index < -0.39 is 71.0 Å². The SMILES string of the molecule is O=C1O[C@H](c2ccccc2)[C@H](c2ccccc2)N2[C@H]1[C@@H](C(=O)Nc1ccc(N3CCOCC3)cc1)[C@]1(C(=O)N(C(=O)OCc3ccc([N+](=O)[O-])cc3)c3ccc(C#CCCO)cc31)[C@H]2c1ccccc1OCCO. The Labute approximate surface area is 426 Å². The van der Waals surface area contributed by atoms with Crippen molar-refractivity contribution in [3.63, 3.8) is 0 Å². The number of esters is 1. The molecule has 74 heavy (non-hydrogen) atoms. The van der Waals surface area contributed by atoms with E-state index in [4.69, 9.17) is 18.9 Å². The first kappa shape index (κ1) is 49.2. The highest BCUT2D eigenvalue weighted by Crippen LogP contribution is 2.67. The van der Waals surface area contributed by atoms with Crippen LogP contribution < -0.4 is 19.9 Å². The number of morpholine rings is 2. The number of hydrogen-bond donors (Lipinski definition) is 3. The lowest BCUT2D eigenvalue weighted by molar-refractivity contribution is -0.384. The first-order chi connectivity index (χ1) is 36.1. The molecule has 0 radical (unpaired) electrons. The Balaban J connectivity index is 1.22. The number of benzene rings is 6. The van der Waals surface area contributed by atoms with Crippen molar-refractivity contribution in [2.24, 2.45) is 5.92 Å². The van der Waals surface area contributed by atoms with Crippen molar-refractivity contribution in [3.05, 3.63) is 195 Å². The summed E-state index contributed by atoms with van der Waals surface area (Å²) in [5.41, 5.74) is 1.54. The van der Waals surface area contributed by atoms with Crippen LogP contribution in [-0.4, -0.2) is 96.1 Å². The molecule has 4 aliphatic rings. The van der Waals surface area contributed by atoms with Gasteiger partial charge in [-0.15, -0.1) is 0 Å². The summed E-state index contributed by atoms with van der Waals surface area (Å²) < 4.78 is 24.4. The van der Waals surface area contributed by atoms with Gasteiger partial charge in [-0.1, -0.05) is 90.7 Å². The van der Waals surface area contributed by atoms with Crippen molar-refractivity contribution in [3.8, 4) is 17.6 Å². The highest BCUT2D eigenvalue weighted by atomic mass is 16.6. The number of nitro benzene ring substituents is 1. The van der Waals surface area contributed by atoms with Crippen LogP contribution in [0.1, 0.15) is 58.0 Å². The molecule has 4 heterocycles. The van der Waals surface area contributed by atoms with Gasteiger partial charge >= 0.3 is 12.1 Å². The summed E-state index contributed by atoms with van der Waals surface area (Å²) in [5.74, 6) is 2.12. The molecule has 6 aromatic carbocycles. The fraction of sp³-hybridized carbons (Fsp3) is 0.263. The molecule has 17 nitrogen and oxygen atoms in total. The molecule has 0 unspecified atom stereocenters. The van der Waals surface area contributed by atoms with Crippen LogP contribution in [0.4, 0.5) is 27.5 Å². The zero-order valence-corrected chi connectivity index (χ0v) is 40.0. The van der Waals surface area contributed by atoms with Gasteiger partial charge in [-0.05, 0) is 82.9 Å². The highest BCUT2D eigenvalue weighted by Gasteiger charge is 2.76. The van der Waals surface area contributed by atoms with Crippen LogP contribution >= 0.6 is 0 Å². The molecule has 3 fully saturated rings. The fourth-order valence-corrected chi connectivity index (χ4v) is 10.9. The number of non-ortho nitro benzene ring substituents is 1. The van der Waals surface area contributed by atoms with Gasteiger partial charge in [0.15, 0.2) is 0 Å². The lowest BCUT2D eigenvalue weighted by Crippen LogP contribution is -2.54. The molecular weight excluding hydrogens is 947 g/mol. The summed E-state index contributed by atoms with van der Waals surface area (Å²) in [5, 5.41) is 34.4. The minimum Gasteiger partial charge on any atom is -0.491 e. The first-order valence-electron chi connectivity index (χ1n) is 24.3. The van der Waals surface area contributed by atoms with E-state index in [0.29, 0.717) is 59.8 Å². The van der Waals surface area contributed by atoms with Crippen LogP contribution in [-0.2, 0) is 40.6 Å². The Hall–Kier alpha value is -8.40. The summed E-state index contributed by atoms with van der Waals surface area (Å²) in [4.78, 5) is 79.1. The van der Waals surface area contributed by atoms with Crippen molar-refractivity contribution in [2.75, 3.05) is 61.2 Å². The third-order valence-electron chi connectivity index (χ3n) is 14.0. The molecule has 3 saturated heterocycles. The molecule has 4 aliphatic heterocycles. The van der Waals surface area contributed by atoms with Crippen molar-refractivity contribution < 1.29 is 53.3 Å². The molecule has 6 atom stereocenters. The molecule has 0 aromatic heterocycles. The zero-order chi connectivity index (χ0) is 51.3. The van der Waals surface area contributed by atoms with Gasteiger partial charge in [0.1, 0.15) is 36.5 Å². The number of imide groups is 1. The smallest absolute Gasteiger partial charge is 0.421 e. The molecule has 3 N–H and O–H groups in total. The van der Waals surface area contributed by atoms with E-state index >= 15 is 14.4 Å². The van der Waals surface area contributed by atoms with Crippen molar-refractivity contribution >= 4 is 46.6 Å². The number of nitrogens with zero attached hydrogens (tertiary/aromatic N) is 4. The maximum Gasteiger partial charge on any atom is 0.421 e. The number of carbonyl (C=O) groups excluding carboxylic acids is 4. The molecule has 3 amide bonds. The Morgan fingerprint density at radius 1 is 0.811 bits per heavy atom. The van der Waals surface area contributed by atoms with Gasteiger partial charge in [-0.3, -0.25) is 29.4 Å². The number of fused-ring (bicyclic) bond motifs is 3. The second-order valence-electron chi connectivity index (χ2n) is 18.1. The molecule has 10 rings (SSSR count). The van der Waals surface area contributed by atoms with E-state index in [-0.39, 0.29) is 48.9 Å². The van der Waals surface area contributed by atoms with E-state index in [1.807, 2.05) is 77.7 Å². The predicted molar refractivity (Wildman–Crippen MR) is 271 cm³/mol. The number of anilines is 3. The maximum atomic E-state index is 16.7. The summed E-state index contributed by atoms with van der Waals surface area (Å²) in [6.07, 6.45) is -2.01. The van der Waals surface area contributed by atoms with Gasteiger partial charge in [0.05, 0.1) is 55.0 Å². The first-order valence-corrected chi connectivity index (χ1v) is 24.3.